The Labute approximate surface area is 152 Å². The molecule has 0 amide bonds. The first-order valence-electron chi connectivity index (χ1n) is 7.48. The average Bonchev–Trinajstić information content (AvgIpc) is 2.50. The molecule has 1 N–H and O–H groups in total. The minimum absolute atomic E-state index is 0. The normalized spacial score (nSPS) is 17.0. The van der Waals surface area contributed by atoms with Crippen LogP contribution in [0.3, 0.4) is 0 Å². The number of fused-ring (bicyclic) bond motifs is 1. The molecule has 2 aromatic rings. The van der Waals surface area contributed by atoms with Gasteiger partial charge in [0.25, 0.3) is 0 Å². The van der Waals surface area contributed by atoms with Crippen LogP contribution in [0.2, 0.25) is 0 Å². The molecule has 2 nitrogen and oxygen atoms in total. The minimum Gasteiger partial charge on any atom is -0.314 e. The van der Waals surface area contributed by atoms with E-state index in [4.69, 9.17) is 0 Å². The Morgan fingerprint density at radius 2 is 1.54 bits per heavy atom. The van der Waals surface area contributed by atoms with E-state index in [0.29, 0.717) is 37.1 Å². The number of aryl methyl sites for hydroxylation is 1. The summed E-state index contributed by atoms with van der Waals surface area (Å²) < 4.78 is 41.3. The Bertz CT molecular complexity index is 670. The van der Waals surface area contributed by atoms with Crippen molar-refractivity contribution in [3.8, 4) is 0 Å². The summed E-state index contributed by atoms with van der Waals surface area (Å²) in [6.45, 7) is 3.94. The minimum atomic E-state index is -4.28. The van der Waals surface area contributed by atoms with Crippen LogP contribution in [0, 0.1) is 6.92 Å². The molecule has 0 unspecified atom stereocenters. The van der Waals surface area contributed by atoms with Gasteiger partial charge in [0.15, 0.2) is 0 Å². The van der Waals surface area contributed by atoms with E-state index >= 15 is 0 Å². The molecule has 1 atom stereocenters. The number of rotatable bonds is 2. The van der Waals surface area contributed by atoms with E-state index in [1.54, 1.807) is 24.3 Å². The zero-order valence-electron chi connectivity index (χ0n) is 13.3. The lowest BCUT2D eigenvalue weighted by atomic mass is 9.94. The third-order valence-corrected chi connectivity index (χ3v) is 4.30. The van der Waals surface area contributed by atoms with Crippen LogP contribution < -0.4 is 5.32 Å². The van der Waals surface area contributed by atoms with E-state index < -0.39 is 12.2 Å². The number of piperazine rings is 1. The van der Waals surface area contributed by atoms with Crippen molar-refractivity contribution in [3.05, 3.63) is 47.5 Å². The van der Waals surface area contributed by atoms with Gasteiger partial charge in [-0.2, -0.15) is 13.2 Å². The Morgan fingerprint density at radius 3 is 2.12 bits per heavy atom. The maximum Gasteiger partial charge on any atom is 0.408 e. The van der Waals surface area contributed by atoms with Crippen LogP contribution in [-0.2, 0) is 0 Å². The van der Waals surface area contributed by atoms with Crippen molar-refractivity contribution in [2.24, 2.45) is 0 Å². The van der Waals surface area contributed by atoms with Gasteiger partial charge in [-0.3, -0.25) is 4.90 Å². The van der Waals surface area contributed by atoms with E-state index in [-0.39, 0.29) is 24.8 Å². The molecular weight excluding hydrogens is 360 g/mol. The summed E-state index contributed by atoms with van der Waals surface area (Å²) in [5.41, 5.74) is 1.36. The SMILES string of the molecule is Cc1ccc([C@H](N2CCNCC2)C(F)(F)F)c2ccccc12.Cl.Cl. The molecule has 0 saturated carbocycles. The fourth-order valence-corrected chi connectivity index (χ4v) is 3.23. The highest BCUT2D eigenvalue weighted by Gasteiger charge is 2.45. The largest absolute Gasteiger partial charge is 0.408 e. The number of nitrogens with zero attached hydrogens (tertiary/aromatic N) is 1. The maximum absolute atomic E-state index is 13.8. The lowest BCUT2D eigenvalue weighted by molar-refractivity contribution is -0.187. The van der Waals surface area contributed by atoms with Crippen molar-refractivity contribution in [2.45, 2.75) is 19.1 Å². The van der Waals surface area contributed by atoms with Gasteiger partial charge in [0.2, 0.25) is 0 Å². The molecule has 1 saturated heterocycles. The molecule has 24 heavy (non-hydrogen) atoms. The summed E-state index contributed by atoms with van der Waals surface area (Å²) in [5, 5.41) is 4.70. The van der Waals surface area contributed by atoms with E-state index in [1.807, 2.05) is 19.1 Å². The summed E-state index contributed by atoms with van der Waals surface area (Å²) in [6, 6.07) is 9.23. The summed E-state index contributed by atoms with van der Waals surface area (Å²) in [4.78, 5) is 1.54. The number of hydrogen-bond donors (Lipinski definition) is 1. The highest BCUT2D eigenvalue weighted by Crippen LogP contribution is 2.41. The summed E-state index contributed by atoms with van der Waals surface area (Å²) in [6.07, 6.45) is -4.28. The van der Waals surface area contributed by atoms with Gasteiger partial charge in [0, 0.05) is 26.2 Å². The predicted octanol–water partition coefficient (Wildman–Crippen LogP) is 4.50. The second-order valence-corrected chi connectivity index (χ2v) is 5.75. The first-order valence-corrected chi connectivity index (χ1v) is 7.48. The first kappa shape index (κ1) is 21.0. The van der Waals surface area contributed by atoms with Crippen LogP contribution in [-0.4, -0.2) is 37.3 Å². The van der Waals surface area contributed by atoms with Gasteiger partial charge in [-0.15, -0.1) is 24.8 Å². The number of nitrogens with one attached hydrogen (secondary N) is 1. The van der Waals surface area contributed by atoms with Crippen molar-refractivity contribution >= 4 is 35.6 Å². The van der Waals surface area contributed by atoms with Crippen molar-refractivity contribution in [3.63, 3.8) is 0 Å². The lowest BCUT2D eigenvalue weighted by Gasteiger charge is -2.36. The second-order valence-electron chi connectivity index (χ2n) is 5.75. The molecule has 1 aliphatic heterocycles. The van der Waals surface area contributed by atoms with Crippen LogP contribution in [0.4, 0.5) is 13.2 Å². The van der Waals surface area contributed by atoms with Gasteiger partial charge in [-0.1, -0.05) is 36.4 Å². The van der Waals surface area contributed by atoms with Gasteiger partial charge < -0.3 is 5.32 Å². The summed E-state index contributed by atoms with van der Waals surface area (Å²) in [7, 11) is 0. The molecule has 3 rings (SSSR count). The van der Waals surface area contributed by atoms with Gasteiger partial charge in [-0.25, -0.2) is 0 Å². The van der Waals surface area contributed by atoms with Crippen molar-refractivity contribution < 1.29 is 13.2 Å². The molecule has 0 aliphatic carbocycles. The zero-order valence-corrected chi connectivity index (χ0v) is 14.9. The lowest BCUT2D eigenvalue weighted by Crippen LogP contribution is -2.49. The van der Waals surface area contributed by atoms with Crippen molar-refractivity contribution in [1.82, 2.24) is 10.2 Å². The standard InChI is InChI=1S/C17H19F3N2.2ClH/c1-12-6-7-15(14-5-3-2-4-13(12)14)16(17(18,19)20)22-10-8-21-9-11-22;;/h2-7,16,21H,8-11H2,1H3;2*1H/t16-;;/m0../s1. The van der Waals surface area contributed by atoms with Crippen molar-refractivity contribution in [1.29, 1.82) is 0 Å². The third-order valence-electron chi connectivity index (χ3n) is 4.30. The van der Waals surface area contributed by atoms with Crippen LogP contribution in [0.1, 0.15) is 17.2 Å². The second kappa shape index (κ2) is 8.39. The molecule has 0 spiro atoms. The first-order chi connectivity index (χ1) is 10.5. The van der Waals surface area contributed by atoms with Crippen LogP contribution in [0.15, 0.2) is 36.4 Å². The number of halogens is 5. The van der Waals surface area contributed by atoms with E-state index in [0.717, 1.165) is 10.9 Å². The molecule has 134 valence electrons. The van der Waals surface area contributed by atoms with Crippen LogP contribution in [0.5, 0.6) is 0 Å². The molecule has 1 aliphatic rings. The van der Waals surface area contributed by atoms with Crippen LogP contribution >= 0.6 is 24.8 Å². The summed E-state index contributed by atoms with van der Waals surface area (Å²) in [5.74, 6) is 0. The third kappa shape index (κ3) is 4.14. The average molecular weight is 381 g/mol. The predicted molar refractivity (Wildman–Crippen MR) is 96.4 cm³/mol. The fraction of sp³-hybridized carbons (Fsp3) is 0.412. The van der Waals surface area contributed by atoms with Gasteiger partial charge in [-0.05, 0) is 28.8 Å². The molecular formula is C17H21Cl2F3N2. The van der Waals surface area contributed by atoms with E-state index in [1.165, 1.54) is 4.90 Å². The maximum atomic E-state index is 13.8. The molecule has 7 heteroatoms. The molecule has 1 fully saturated rings. The molecule has 2 aromatic carbocycles. The monoisotopic (exact) mass is 380 g/mol. The summed E-state index contributed by atoms with van der Waals surface area (Å²) >= 11 is 0. The molecule has 0 radical (unpaired) electrons. The number of hydrogen-bond acceptors (Lipinski definition) is 2. The zero-order chi connectivity index (χ0) is 15.7. The highest BCUT2D eigenvalue weighted by molar-refractivity contribution is 5.89. The number of alkyl halides is 3. The Hall–Kier alpha value is -1.01. The fourth-order valence-electron chi connectivity index (χ4n) is 3.23. The Balaban J connectivity index is 0.00000144. The van der Waals surface area contributed by atoms with Gasteiger partial charge >= 0.3 is 6.18 Å². The topological polar surface area (TPSA) is 15.3 Å². The van der Waals surface area contributed by atoms with E-state index in [9.17, 15) is 13.2 Å². The van der Waals surface area contributed by atoms with Crippen molar-refractivity contribution in [2.75, 3.05) is 26.2 Å². The van der Waals surface area contributed by atoms with Crippen LogP contribution in [0.25, 0.3) is 10.8 Å². The van der Waals surface area contributed by atoms with E-state index in [2.05, 4.69) is 5.32 Å². The molecule has 1 heterocycles. The molecule has 0 bridgehead atoms. The highest BCUT2D eigenvalue weighted by atomic mass is 35.5. The Morgan fingerprint density at radius 1 is 0.958 bits per heavy atom. The quantitative estimate of drug-likeness (QED) is 0.824. The van der Waals surface area contributed by atoms with Gasteiger partial charge in [0.05, 0.1) is 0 Å². The van der Waals surface area contributed by atoms with Gasteiger partial charge in [0.1, 0.15) is 6.04 Å². The number of benzene rings is 2. The smallest absolute Gasteiger partial charge is 0.314 e. The molecule has 0 aromatic heterocycles. The Kier molecular flexibility index (Phi) is 7.35.